The first-order valence-corrected chi connectivity index (χ1v) is 14.3. The lowest BCUT2D eigenvalue weighted by Crippen LogP contribution is -2.67. The van der Waals surface area contributed by atoms with Crippen LogP contribution < -0.4 is 0 Å². The van der Waals surface area contributed by atoms with E-state index in [0.29, 0.717) is 0 Å². The summed E-state index contributed by atoms with van der Waals surface area (Å²) in [6.07, 6.45) is 12.3. The quantitative estimate of drug-likeness (QED) is 0.473. The molecule has 1 nitrogen and oxygen atoms in total. The largest absolute Gasteiger partial charge is 0.314 e. The molecule has 0 aromatic heterocycles. The minimum absolute atomic E-state index is 0.272. The van der Waals surface area contributed by atoms with Gasteiger partial charge in [0.2, 0.25) is 0 Å². The Hall–Kier alpha value is 0.177. The highest BCUT2D eigenvalue weighted by Crippen LogP contribution is 2.60. The van der Waals surface area contributed by atoms with Gasteiger partial charge in [0, 0.05) is 11.1 Å². The van der Waals surface area contributed by atoms with Crippen LogP contribution in [0, 0.1) is 23.7 Å². The van der Waals surface area contributed by atoms with Gasteiger partial charge in [-0.25, -0.2) is 0 Å². The second-order valence-corrected chi connectivity index (χ2v) is 16.6. The molecule has 3 saturated carbocycles. The molecule has 0 bridgehead atoms. The first kappa shape index (κ1) is 19.9. The zero-order valence-electron chi connectivity index (χ0n) is 18.5. The standard InChI is InChI=1S/C23H45NSi/c1-22(2,3)24(23(4,5)6)25(7,8)21-16-15-19-18-12-10-9-11-17(18)13-14-20(19)21/h17-21H,9-16H2,1-8H3. The van der Waals surface area contributed by atoms with Crippen LogP contribution in [0.3, 0.4) is 0 Å². The molecule has 0 aromatic rings. The monoisotopic (exact) mass is 363 g/mol. The molecular weight excluding hydrogens is 318 g/mol. The Morgan fingerprint density at radius 3 is 1.80 bits per heavy atom. The lowest BCUT2D eigenvalue weighted by atomic mass is 9.62. The molecule has 0 aliphatic heterocycles. The predicted octanol–water partition coefficient (Wildman–Crippen LogP) is 7.09. The fourth-order valence-electron chi connectivity index (χ4n) is 8.39. The van der Waals surface area contributed by atoms with Gasteiger partial charge in [0.1, 0.15) is 8.24 Å². The summed E-state index contributed by atoms with van der Waals surface area (Å²) in [6.45, 7) is 20.2. The van der Waals surface area contributed by atoms with E-state index < -0.39 is 8.24 Å². The fraction of sp³-hybridized carbons (Fsp3) is 1.00. The van der Waals surface area contributed by atoms with Crippen LogP contribution in [0.25, 0.3) is 0 Å². The molecule has 3 aliphatic rings. The molecule has 3 aliphatic carbocycles. The van der Waals surface area contributed by atoms with Gasteiger partial charge in [0.25, 0.3) is 0 Å². The van der Waals surface area contributed by atoms with Crippen LogP contribution in [0.2, 0.25) is 18.6 Å². The fourth-order valence-corrected chi connectivity index (χ4v) is 14.5. The molecule has 0 N–H and O–H groups in total. The summed E-state index contributed by atoms with van der Waals surface area (Å²) in [6, 6.07) is 0. The normalized spacial score (nSPS) is 37.1. The molecule has 0 saturated heterocycles. The van der Waals surface area contributed by atoms with Gasteiger partial charge >= 0.3 is 0 Å². The van der Waals surface area contributed by atoms with Crippen LogP contribution in [-0.2, 0) is 0 Å². The van der Waals surface area contributed by atoms with Crippen molar-refractivity contribution < 1.29 is 0 Å². The Labute approximate surface area is 159 Å². The van der Waals surface area contributed by atoms with Crippen molar-refractivity contribution in [3.05, 3.63) is 0 Å². The molecule has 0 amide bonds. The first-order chi connectivity index (χ1) is 11.4. The van der Waals surface area contributed by atoms with Gasteiger partial charge in [-0.15, -0.1) is 0 Å². The highest BCUT2D eigenvalue weighted by molar-refractivity contribution is 6.76. The number of nitrogens with zero attached hydrogens (tertiary/aromatic N) is 1. The van der Waals surface area contributed by atoms with Gasteiger partial charge in [0.05, 0.1) is 0 Å². The molecule has 0 spiro atoms. The Morgan fingerprint density at radius 1 is 0.640 bits per heavy atom. The van der Waals surface area contributed by atoms with E-state index in [0.717, 1.165) is 29.2 Å². The Bertz CT molecular complexity index is 455. The van der Waals surface area contributed by atoms with Gasteiger partial charge in [-0.3, -0.25) is 0 Å². The molecule has 3 fully saturated rings. The zero-order chi connectivity index (χ0) is 18.6. The number of rotatable bonds is 2. The highest BCUT2D eigenvalue weighted by Gasteiger charge is 2.55. The molecule has 2 heteroatoms. The minimum atomic E-state index is -1.50. The van der Waals surface area contributed by atoms with Gasteiger partial charge in [-0.05, 0) is 96.4 Å². The Morgan fingerprint density at radius 2 is 1.20 bits per heavy atom. The van der Waals surface area contributed by atoms with E-state index in [1.165, 1.54) is 19.3 Å². The maximum Gasteiger partial charge on any atom is 0.126 e. The lowest BCUT2D eigenvalue weighted by molar-refractivity contribution is 0.0681. The SMILES string of the molecule is CC(C)(C)N(C(C)(C)C)[Si](C)(C)C1CCC2C3CCCCC3CCC21. The van der Waals surface area contributed by atoms with E-state index >= 15 is 0 Å². The number of fused-ring (bicyclic) bond motifs is 3. The van der Waals surface area contributed by atoms with Crippen molar-refractivity contribution >= 4 is 8.24 Å². The third kappa shape index (κ3) is 3.64. The second kappa shape index (κ2) is 6.65. The smallest absolute Gasteiger partial charge is 0.126 e. The Balaban J connectivity index is 1.85. The van der Waals surface area contributed by atoms with Crippen molar-refractivity contribution in [2.75, 3.05) is 0 Å². The van der Waals surface area contributed by atoms with Crippen molar-refractivity contribution in [3.8, 4) is 0 Å². The molecule has 3 rings (SSSR count). The average Bonchev–Trinajstić information content (AvgIpc) is 2.88. The average molecular weight is 364 g/mol. The maximum atomic E-state index is 2.99. The van der Waals surface area contributed by atoms with Crippen molar-refractivity contribution in [2.24, 2.45) is 23.7 Å². The van der Waals surface area contributed by atoms with Crippen LogP contribution in [0.1, 0.15) is 92.9 Å². The van der Waals surface area contributed by atoms with Crippen molar-refractivity contribution in [1.29, 1.82) is 0 Å². The molecular formula is C23H45NSi. The van der Waals surface area contributed by atoms with Crippen LogP contribution in [0.4, 0.5) is 0 Å². The summed E-state index contributed by atoms with van der Waals surface area (Å²) in [5.74, 6) is 4.32. The van der Waals surface area contributed by atoms with Crippen molar-refractivity contribution in [2.45, 2.75) is 123 Å². The maximum absolute atomic E-state index is 2.99. The second-order valence-electron chi connectivity index (χ2n) is 12.1. The van der Waals surface area contributed by atoms with Crippen molar-refractivity contribution in [3.63, 3.8) is 0 Å². The van der Waals surface area contributed by atoms with Crippen molar-refractivity contribution in [1.82, 2.24) is 4.57 Å². The third-order valence-electron chi connectivity index (χ3n) is 8.09. The van der Waals surface area contributed by atoms with Gasteiger partial charge in [0.15, 0.2) is 0 Å². The number of hydrogen-bond acceptors (Lipinski definition) is 1. The molecule has 0 aromatic carbocycles. The van der Waals surface area contributed by atoms with Crippen LogP contribution in [-0.4, -0.2) is 23.9 Å². The summed E-state index contributed by atoms with van der Waals surface area (Å²) >= 11 is 0. The first-order valence-electron chi connectivity index (χ1n) is 11.2. The number of hydrogen-bond donors (Lipinski definition) is 0. The van der Waals surface area contributed by atoms with E-state index in [1.54, 1.807) is 32.1 Å². The summed E-state index contributed by atoms with van der Waals surface area (Å²) < 4.78 is 2.99. The van der Waals surface area contributed by atoms with Gasteiger partial charge < -0.3 is 4.57 Å². The predicted molar refractivity (Wildman–Crippen MR) is 113 cm³/mol. The zero-order valence-corrected chi connectivity index (χ0v) is 19.5. The van der Waals surface area contributed by atoms with Gasteiger partial charge in [-0.2, -0.15) is 0 Å². The molecule has 0 heterocycles. The molecule has 0 radical (unpaired) electrons. The van der Waals surface area contributed by atoms with E-state index in [4.69, 9.17) is 0 Å². The summed E-state index contributed by atoms with van der Waals surface area (Å²) in [7, 11) is -1.50. The van der Waals surface area contributed by atoms with E-state index in [-0.39, 0.29) is 11.1 Å². The summed E-state index contributed by atoms with van der Waals surface area (Å²) in [4.78, 5) is 0. The molecule has 25 heavy (non-hydrogen) atoms. The van der Waals surface area contributed by atoms with E-state index in [2.05, 4.69) is 59.2 Å². The Kier molecular flexibility index (Phi) is 5.30. The lowest BCUT2D eigenvalue weighted by Gasteiger charge is -2.57. The highest BCUT2D eigenvalue weighted by atomic mass is 28.3. The summed E-state index contributed by atoms with van der Waals surface area (Å²) in [5.41, 5.74) is 1.56. The summed E-state index contributed by atoms with van der Waals surface area (Å²) in [5, 5.41) is 0. The minimum Gasteiger partial charge on any atom is -0.314 e. The molecule has 146 valence electrons. The topological polar surface area (TPSA) is 3.24 Å². The van der Waals surface area contributed by atoms with E-state index in [1.807, 2.05) is 0 Å². The van der Waals surface area contributed by atoms with Crippen LogP contribution in [0.5, 0.6) is 0 Å². The van der Waals surface area contributed by atoms with E-state index in [9.17, 15) is 0 Å². The van der Waals surface area contributed by atoms with Gasteiger partial charge in [-0.1, -0.05) is 38.8 Å². The molecule has 5 atom stereocenters. The third-order valence-corrected chi connectivity index (χ3v) is 13.1. The van der Waals surface area contributed by atoms with Crippen LogP contribution in [0.15, 0.2) is 0 Å². The van der Waals surface area contributed by atoms with Crippen LogP contribution >= 0.6 is 0 Å². The molecule has 5 unspecified atom stereocenters.